The molecular formula is C15H12N3. The molecule has 2 heterocycles. The molecule has 3 aromatic rings. The molecule has 3 rings (SSSR count). The van der Waals surface area contributed by atoms with Gasteiger partial charge in [0.1, 0.15) is 5.69 Å². The summed E-state index contributed by atoms with van der Waals surface area (Å²) >= 11 is 0. The highest BCUT2D eigenvalue weighted by atomic mass is 15.3. The predicted octanol–water partition coefficient (Wildman–Crippen LogP) is 2.79. The minimum absolute atomic E-state index is 0.765. The van der Waals surface area contributed by atoms with Gasteiger partial charge < -0.3 is 0 Å². The van der Waals surface area contributed by atoms with Gasteiger partial charge in [0.2, 0.25) is 0 Å². The lowest BCUT2D eigenvalue weighted by Gasteiger charge is -2.01. The zero-order valence-electron chi connectivity index (χ0n) is 9.82. The van der Waals surface area contributed by atoms with E-state index in [1.165, 1.54) is 5.56 Å². The van der Waals surface area contributed by atoms with Crippen LogP contribution < -0.4 is 0 Å². The van der Waals surface area contributed by atoms with Gasteiger partial charge in [-0.3, -0.25) is 9.67 Å². The number of rotatable bonds is 3. The Morgan fingerprint density at radius 3 is 2.67 bits per heavy atom. The van der Waals surface area contributed by atoms with Crippen molar-refractivity contribution in [2.24, 2.45) is 0 Å². The summed E-state index contributed by atoms with van der Waals surface area (Å²) in [5.41, 5.74) is 3.01. The van der Waals surface area contributed by atoms with Gasteiger partial charge in [-0.05, 0) is 29.8 Å². The summed E-state index contributed by atoms with van der Waals surface area (Å²) in [6, 6.07) is 18.7. The molecule has 0 spiro atoms. The molecule has 0 aliphatic rings. The number of benzene rings is 1. The van der Waals surface area contributed by atoms with Crippen molar-refractivity contribution < 1.29 is 0 Å². The molecule has 0 bridgehead atoms. The summed E-state index contributed by atoms with van der Waals surface area (Å²) in [6.45, 7) is 0.765. The highest BCUT2D eigenvalue weighted by molar-refractivity contribution is 5.52. The van der Waals surface area contributed by atoms with Gasteiger partial charge in [-0.2, -0.15) is 5.10 Å². The highest BCUT2D eigenvalue weighted by Gasteiger charge is 2.03. The Kier molecular flexibility index (Phi) is 2.88. The summed E-state index contributed by atoms with van der Waals surface area (Å²) in [5, 5.41) is 4.52. The van der Waals surface area contributed by atoms with Crippen LogP contribution >= 0.6 is 0 Å². The first-order valence-corrected chi connectivity index (χ1v) is 5.82. The van der Waals surface area contributed by atoms with Crippen molar-refractivity contribution in [2.75, 3.05) is 0 Å². The molecule has 1 radical (unpaired) electrons. The van der Waals surface area contributed by atoms with Gasteiger partial charge in [0.25, 0.3) is 0 Å². The monoisotopic (exact) mass is 234 g/mol. The zero-order valence-corrected chi connectivity index (χ0v) is 9.82. The van der Waals surface area contributed by atoms with Crippen LogP contribution in [0, 0.1) is 6.07 Å². The fraction of sp³-hybridized carbons (Fsp3) is 0.0667. The van der Waals surface area contributed by atoms with E-state index in [0.717, 1.165) is 17.9 Å². The van der Waals surface area contributed by atoms with Gasteiger partial charge in [-0.25, -0.2) is 0 Å². The van der Waals surface area contributed by atoms with Crippen molar-refractivity contribution in [3.8, 4) is 11.4 Å². The van der Waals surface area contributed by atoms with Crippen LogP contribution in [0.3, 0.4) is 0 Å². The van der Waals surface area contributed by atoms with Crippen LogP contribution in [0.25, 0.3) is 11.4 Å². The fourth-order valence-corrected chi connectivity index (χ4v) is 1.81. The highest BCUT2D eigenvalue weighted by Crippen LogP contribution is 2.13. The van der Waals surface area contributed by atoms with Crippen molar-refractivity contribution in [3.05, 3.63) is 72.6 Å². The Morgan fingerprint density at radius 2 is 1.89 bits per heavy atom. The van der Waals surface area contributed by atoms with Crippen molar-refractivity contribution in [1.82, 2.24) is 14.8 Å². The third-order valence-corrected chi connectivity index (χ3v) is 2.70. The van der Waals surface area contributed by atoms with Gasteiger partial charge in [0.15, 0.2) is 0 Å². The maximum absolute atomic E-state index is 4.52. The average Bonchev–Trinajstić information content (AvgIpc) is 2.89. The molecule has 0 fully saturated rings. The van der Waals surface area contributed by atoms with Crippen LogP contribution in [0.5, 0.6) is 0 Å². The van der Waals surface area contributed by atoms with Crippen LogP contribution in [-0.4, -0.2) is 14.8 Å². The lowest BCUT2D eigenvalue weighted by atomic mass is 10.2. The average molecular weight is 234 g/mol. The molecule has 87 valence electrons. The number of hydrogen-bond acceptors (Lipinski definition) is 2. The summed E-state index contributed by atoms with van der Waals surface area (Å²) < 4.78 is 1.92. The Hall–Kier alpha value is -2.42. The number of pyridine rings is 1. The maximum Gasteiger partial charge on any atom is 0.111 e. The Bertz CT molecular complexity index is 615. The first kappa shape index (κ1) is 10.7. The standard InChI is InChI=1S/C15H12N3/c1-2-6-13(7-3-1)12-18-11-9-15(17-18)14-8-4-5-10-16-14/h2-11H,12H2. The lowest BCUT2D eigenvalue weighted by molar-refractivity contribution is 0.689. The second kappa shape index (κ2) is 4.84. The molecule has 0 N–H and O–H groups in total. The van der Waals surface area contributed by atoms with Gasteiger partial charge >= 0.3 is 0 Å². The van der Waals surface area contributed by atoms with Crippen molar-refractivity contribution >= 4 is 0 Å². The minimum atomic E-state index is 0.765. The largest absolute Gasteiger partial charge is 0.268 e. The van der Waals surface area contributed by atoms with Crippen LogP contribution in [0.2, 0.25) is 0 Å². The molecular weight excluding hydrogens is 222 g/mol. The molecule has 3 heteroatoms. The Labute approximate surface area is 106 Å². The second-order valence-corrected chi connectivity index (χ2v) is 4.02. The van der Waals surface area contributed by atoms with Gasteiger partial charge in [0.05, 0.1) is 12.2 Å². The summed E-state index contributed by atoms with van der Waals surface area (Å²) in [6.07, 6.45) is 3.75. The second-order valence-electron chi connectivity index (χ2n) is 4.02. The smallest absolute Gasteiger partial charge is 0.111 e. The minimum Gasteiger partial charge on any atom is -0.268 e. The van der Waals surface area contributed by atoms with Crippen LogP contribution in [0.15, 0.2) is 60.9 Å². The van der Waals surface area contributed by atoms with E-state index in [-0.39, 0.29) is 0 Å². The molecule has 0 saturated carbocycles. The molecule has 0 aliphatic carbocycles. The van der Waals surface area contributed by atoms with E-state index in [9.17, 15) is 0 Å². The molecule has 3 nitrogen and oxygen atoms in total. The van der Waals surface area contributed by atoms with Crippen LogP contribution in [0.4, 0.5) is 0 Å². The molecule has 2 aromatic heterocycles. The third kappa shape index (κ3) is 2.30. The Morgan fingerprint density at radius 1 is 1.00 bits per heavy atom. The predicted molar refractivity (Wildman–Crippen MR) is 69.8 cm³/mol. The van der Waals surface area contributed by atoms with Crippen LogP contribution in [0.1, 0.15) is 5.56 Å². The molecule has 0 amide bonds. The van der Waals surface area contributed by atoms with E-state index in [0.29, 0.717) is 0 Å². The molecule has 0 atom stereocenters. The first-order chi connectivity index (χ1) is 8.92. The van der Waals surface area contributed by atoms with E-state index in [4.69, 9.17) is 0 Å². The number of aromatic nitrogens is 3. The SMILES string of the molecule is [c]1ccc(Cn2ccc(-c3ccccn3)n2)cc1. The molecule has 0 aliphatic heterocycles. The number of nitrogens with zero attached hydrogens (tertiary/aromatic N) is 3. The van der Waals surface area contributed by atoms with E-state index >= 15 is 0 Å². The summed E-state index contributed by atoms with van der Waals surface area (Å²) in [4.78, 5) is 4.29. The fourth-order valence-electron chi connectivity index (χ4n) is 1.81. The zero-order chi connectivity index (χ0) is 12.2. The molecule has 0 unspecified atom stereocenters. The molecule has 18 heavy (non-hydrogen) atoms. The van der Waals surface area contributed by atoms with Gasteiger partial charge in [-0.15, -0.1) is 0 Å². The lowest BCUT2D eigenvalue weighted by Crippen LogP contribution is -2.00. The Balaban J connectivity index is 1.82. The van der Waals surface area contributed by atoms with Crippen LogP contribution in [-0.2, 0) is 6.54 Å². The summed E-state index contributed by atoms with van der Waals surface area (Å²) in [5.74, 6) is 0. The van der Waals surface area contributed by atoms with Crippen molar-refractivity contribution in [2.45, 2.75) is 6.54 Å². The van der Waals surface area contributed by atoms with Crippen molar-refractivity contribution in [3.63, 3.8) is 0 Å². The van der Waals surface area contributed by atoms with Gasteiger partial charge in [0, 0.05) is 12.4 Å². The third-order valence-electron chi connectivity index (χ3n) is 2.70. The normalized spacial score (nSPS) is 10.4. The quantitative estimate of drug-likeness (QED) is 0.697. The van der Waals surface area contributed by atoms with E-state index < -0.39 is 0 Å². The maximum atomic E-state index is 4.52. The molecule has 1 aromatic carbocycles. The van der Waals surface area contributed by atoms with E-state index in [1.54, 1.807) is 6.20 Å². The van der Waals surface area contributed by atoms with E-state index in [2.05, 4.69) is 16.1 Å². The first-order valence-electron chi connectivity index (χ1n) is 5.82. The number of hydrogen-bond donors (Lipinski definition) is 0. The van der Waals surface area contributed by atoms with Crippen molar-refractivity contribution in [1.29, 1.82) is 0 Å². The van der Waals surface area contributed by atoms with E-state index in [1.807, 2.05) is 59.4 Å². The van der Waals surface area contributed by atoms with Gasteiger partial charge in [-0.1, -0.05) is 30.3 Å². The topological polar surface area (TPSA) is 30.7 Å². The molecule has 0 saturated heterocycles. The summed E-state index contributed by atoms with van der Waals surface area (Å²) in [7, 11) is 0.